The van der Waals surface area contributed by atoms with Crippen LogP contribution in [0, 0.1) is 0 Å². The number of hydrogen-bond acceptors (Lipinski definition) is 6. The third-order valence-corrected chi connectivity index (χ3v) is 2.82. The molecule has 0 fully saturated rings. The van der Waals surface area contributed by atoms with Gasteiger partial charge in [0.1, 0.15) is 34.3 Å². The van der Waals surface area contributed by atoms with Crippen molar-refractivity contribution in [1.29, 1.82) is 0 Å². The molecule has 0 saturated carbocycles. The Morgan fingerprint density at radius 3 is 2.29 bits per heavy atom. The minimum atomic E-state index is -0.687. The molecule has 2 aromatic rings. The van der Waals surface area contributed by atoms with E-state index in [2.05, 4.69) is 0 Å². The summed E-state index contributed by atoms with van der Waals surface area (Å²) in [5, 5.41) is 38.3. The molecule has 0 heterocycles. The predicted molar refractivity (Wildman–Crippen MR) is 74.1 cm³/mol. The summed E-state index contributed by atoms with van der Waals surface area (Å²) in [5.74, 6) is -2.00. The molecule has 0 aliphatic carbocycles. The van der Waals surface area contributed by atoms with Gasteiger partial charge in [0.05, 0.1) is 12.2 Å². The zero-order valence-electron chi connectivity index (χ0n) is 11.2. The number of rotatable bonds is 4. The maximum absolute atomic E-state index is 12.4. The van der Waals surface area contributed by atoms with E-state index in [1.165, 1.54) is 18.2 Å². The van der Waals surface area contributed by atoms with Crippen molar-refractivity contribution in [3.63, 3.8) is 0 Å². The first kappa shape index (κ1) is 14.5. The Balaban J connectivity index is 2.57. The molecule has 2 aromatic carbocycles. The number of aromatic hydroxyl groups is 4. The molecule has 0 radical (unpaired) electrons. The van der Waals surface area contributed by atoms with Crippen molar-refractivity contribution in [3.8, 4) is 28.7 Å². The summed E-state index contributed by atoms with van der Waals surface area (Å²) in [6.45, 7) is 1.91. The monoisotopic (exact) mass is 290 g/mol. The Labute approximate surface area is 120 Å². The highest BCUT2D eigenvalue weighted by Gasteiger charge is 2.23. The summed E-state index contributed by atoms with van der Waals surface area (Å²) in [6.07, 6.45) is 0. The fraction of sp³-hybridized carbons (Fsp3) is 0.133. The van der Waals surface area contributed by atoms with Crippen LogP contribution in [0.2, 0.25) is 0 Å². The summed E-state index contributed by atoms with van der Waals surface area (Å²) >= 11 is 0. The molecule has 2 rings (SSSR count). The molecule has 4 N–H and O–H groups in total. The highest BCUT2D eigenvalue weighted by Crippen LogP contribution is 2.36. The van der Waals surface area contributed by atoms with Crippen LogP contribution in [0.1, 0.15) is 22.8 Å². The van der Waals surface area contributed by atoms with Gasteiger partial charge < -0.3 is 25.2 Å². The van der Waals surface area contributed by atoms with Gasteiger partial charge in [0.25, 0.3) is 0 Å². The fourth-order valence-electron chi connectivity index (χ4n) is 1.93. The Morgan fingerprint density at radius 1 is 1.00 bits per heavy atom. The largest absolute Gasteiger partial charge is 0.508 e. The standard InChI is InChI=1S/C15H14O6/c1-2-21-13-7-9(17)6-12(19)14(13)15(20)10-4-3-8(16)5-11(10)18/h3-7,16-19H,2H2,1H3. The smallest absolute Gasteiger partial charge is 0.204 e. The third kappa shape index (κ3) is 2.84. The number of ketones is 1. The highest BCUT2D eigenvalue weighted by atomic mass is 16.5. The second kappa shape index (κ2) is 5.62. The zero-order valence-corrected chi connectivity index (χ0v) is 11.2. The number of benzene rings is 2. The van der Waals surface area contributed by atoms with Crippen LogP contribution >= 0.6 is 0 Å². The Kier molecular flexibility index (Phi) is 3.89. The van der Waals surface area contributed by atoms with E-state index in [-0.39, 0.29) is 35.0 Å². The average molecular weight is 290 g/mol. The van der Waals surface area contributed by atoms with Gasteiger partial charge in [-0.3, -0.25) is 4.79 Å². The van der Waals surface area contributed by atoms with Crippen LogP contribution in [0.3, 0.4) is 0 Å². The molecular formula is C15H14O6. The first-order valence-corrected chi connectivity index (χ1v) is 6.19. The Morgan fingerprint density at radius 2 is 1.67 bits per heavy atom. The molecule has 6 heteroatoms. The predicted octanol–water partition coefficient (Wildman–Crippen LogP) is 2.14. The van der Waals surface area contributed by atoms with Gasteiger partial charge >= 0.3 is 0 Å². The third-order valence-electron chi connectivity index (χ3n) is 2.82. The minimum Gasteiger partial charge on any atom is -0.508 e. The van der Waals surface area contributed by atoms with Crippen molar-refractivity contribution in [2.45, 2.75) is 6.92 Å². The molecule has 0 unspecified atom stereocenters. The molecule has 0 amide bonds. The van der Waals surface area contributed by atoms with Crippen molar-refractivity contribution in [1.82, 2.24) is 0 Å². The molecule has 0 saturated heterocycles. The number of hydrogen-bond donors (Lipinski definition) is 4. The van der Waals surface area contributed by atoms with E-state index >= 15 is 0 Å². The quantitative estimate of drug-likeness (QED) is 0.643. The molecule has 0 aliphatic heterocycles. The van der Waals surface area contributed by atoms with Crippen molar-refractivity contribution >= 4 is 5.78 Å². The molecule has 21 heavy (non-hydrogen) atoms. The maximum atomic E-state index is 12.4. The topological polar surface area (TPSA) is 107 Å². The molecule has 0 aromatic heterocycles. The van der Waals surface area contributed by atoms with Gasteiger partial charge in [-0.1, -0.05) is 0 Å². The Bertz CT molecular complexity index is 693. The van der Waals surface area contributed by atoms with Gasteiger partial charge in [-0.15, -0.1) is 0 Å². The van der Waals surface area contributed by atoms with Crippen molar-refractivity contribution < 1.29 is 30.0 Å². The summed E-state index contributed by atoms with van der Waals surface area (Å²) in [4.78, 5) is 12.4. The van der Waals surface area contributed by atoms with Gasteiger partial charge in [-0.25, -0.2) is 0 Å². The number of ether oxygens (including phenoxy) is 1. The van der Waals surface area contributed by atoms with Crippen LogP contribution < -0.4 is 4.74 Å². The molecular weight excluding hydrogens is 276 g/mol. The van der Waals surface area contributed by atoms with Gasteiger partial charge in [0.2, 0.25) is 5.78 Å². The lowest BCUT2D eigenvalue weighted by molar-refractivity contribution is 0.103. The SMILES string of the molecule is CCOc1cc(O)cc(O)c1C(=O)c1ccc(O)cc1O. The molecule has 110 valence electrons. The van der Waals surface area contributed by atoms with Gasteiger partial charge in [-0.05, 0) is 19.1 Å². The van der Waals surface area contributed by atoms with Gasteiger partial charge in [0.15, 0.2) is 0 Å². The van der Waals surface area contributed by atoms with Crippen LogP contribution in [0.4, 0.5) is 0 Å². The lowest BCUT2D eigenvalue weighted by atomic mass is 10.00. The maximum Gasteiger partial charge on any atom is 0.204 e. The van der Waals surface area contributed by atoms with Crippen LogP contribution in [0.15, 0.2) is 30.3 Å². The van der Waals surface area contributed by atoms with E-state index in [1.807, 2.05) is 0 Å². The van der Waals surface area contributed by atoms with E-state index < -0.39 is 17.3 Å². The van der Waals surface area contributed by atoms with Gasteiger partial charge in [0, 0.05) is 18.2 Å². The van der Waals surface area contributed by atoms with E-state index in [4.69, 9.17) is 4.74 Å². The average Bonchev–Trinajstić information content (AvgIpc) is 2.37. The Hall–Kier alpha value is -2.89. The lowest BCUT2D eigenvalue weighted by Gasteiger charge is -2.12. The highest BCUT2D eigenvalue weighted by molar-refractivity contribution is 6.14. The van der Waals surface area contributed by atoms with Crippen LogP contribution in [-0.4, -0.2) is 32.8 Å². The molecule has 0 bridgehead atoms. The summed E-state index contributed by atoms with van der Waals surface area (Å²) in [5.41, 5.74) is -0.273. The van der Waals surface area contributed by atoms with Crippen molar-refractivity contribution in [2.75, 3.05) is 6.61 Å². The van der Waals surface area contributed by atoms with Crippen LogP contribution in [-0.2, 0) is 0 Å². The molecule has 0 spiro atoms. The molecule has 6 nitrogen and oxygen atoms in total. The van der Waals surface area contributed by atoms with Crippen LogP contribution in [0.25, 0.3) is 0 Å². The van der Waals surface area contributed by atoms with Crippen molar-refractivity contribution in [3.05, 3.63) is 41.5 Å². The van der Waals surface area contributed by atoms with E-state index in [1.54, 1.807) is 6.92 Å². The molecule has 0 atom stereocenters. The zero-order chi connectivity index (χ0) is 15.6. The summed E-state index contributed by atoms with van der Waals surface area (Å²) < 4.78 is 5.23. The second-order valence-corrected chi connectivity index (χ2v) is 4.30. The van der Waals surface area contributed by atoms with Gasteiger partial charge in [-0.2, -0.15) is 0 Å². The summed E-state index contributed by atoms with van der Waals surface area (Å²) in [6, 6.07) is 5.70. The number of phenolic OH excluding ortho intramolecular Hbond substituents is 4. The molecule has 0 aliphatic rings. The minimum absolute atomic E-state index is 0.00692. The lowest BCUT2D eigenvalue weighted by Crippen LogP contribution is -2.06. The first-order chi connectivity index (χ1) is 9.93. The van der Waals surface area contributed by atoms with Crippen LogP contribution in [0.5, 0.6) is 28.7 Å². The first-order valence-electron chi connectivity index (χ1n) is 6.19. The number of phenols is 4. The number of carbonyl (C=O) groups is 1. The second-order valence-electron chi connectivity index (χ2n) is 4.30. The van der Waals surface area contributed by atoms with E-state index in [9.17, 15) is 25.2 Å². The van der Waals surface area contributed by atoms with E-state index in [0.29, 0.717) is 0 Å². The summed E-state index contributed by atoms with van der Waals surface area (Å²) in [7, 11) is 0. The van der Waals surface area contributed by atoms with E-state index in [0.717, 1.165) is 12.1 Å². The van der Waals surface area contributed by atoms with Crippen molar-refractivity contribution in [2.24, 2.45) is 0 Å². The fourth-order valence-corrected chi connectivity index (χ4v) is 1.93. The number of carbonyl (C=O) groups excluding carboxylic acids is 1. The normalized spacial score (nSPS) is 10.3.